The summed E-state index contributed by atoms with van der Waals surface area (Å²) in [5.41, 5.74) is 8.58. The maximum atomic E-state index is 2.84. The normalized spacial score (nSPS) is 27.4. The highest BCUT2D eigenvalue weighted by atomic mass is 15.2. The number of fused-ring (bicyclic) bond motifs is 2. The summed E-state index contributed by atoms with van der Waals surface area (Å²) in [7, 11) is 0. The second-order valence-corrected chi connectivity index (χ2v) is 12.6. The maximum Gasteiger partial charge on any atom is 0.0414 e. The molecule has 4 aliphatic rings. The van der Waals surface area contributed by atoms with Gasteiger partial charge in [0.05, 0.1) is 0 Å². The predicted octanol–water partition coefficient (Wildman–Crippen LogP) is 9.19. The summed E-state index contributed by atoms with van der Waals surface area (Å²) in [5.74, 6) is 2.26. The molecule has 0 radical (unpaired) electrons. The summed E-state index contributed by atoms with van der Waals surface area (Å²) in [4.78, 5) is 2.84. The summed E-state index contributed by atoms with van der Waals surface area (Å²) in [6, 6.07) is 8.20. The number of nitrogens with zero attached hydrogens (tertiary/aromatic N) is 1. The summed E-state index contributed by atoms with van der Waals surface area (Å²) >= 11 is 0. The number of anilines is 1. The quantitative estimate of drug-likeness (QED) is 0.442. The number of allylic oxidation sites excluding steroid dienone is 2. The van der Waals surface area contributed by atoms with Crippen molar-refractivity contribution in [3.8, 4) is 0 Å². The van der Waals surface area contributed by atoms with E-state index in [1.807, 2.05) is 0 Å². The number of rotatable bonds is 6. The summed E-state index contributed by atoms with van der Waals surface area (Å²) < 4.78 is 0. The summed E-state index contributed by atoms with van der Waals surface area (Å²) in [5, 5.41) is 0. The van der Waals surface area contributed by atoms with E-state index in [0.717, 1.165) is 11.8 Å². The van der Waals surface area contributed by atoms with E-state index in [1.54, 1.807) is 22.4 Å². The van der Waals surface area contributed by atoms with Crippen LogP contribution in [0.2, 0.25) is 0 Å². The lowest BCUT2D eigenvalue weighted by Crippen LogP contribution is -2.46. The third kappa shape index (κ3) is 4.00. The number of hydrogen-bond donors (Lipinski definition) is 0. The molecule has 1 atom stereocenters. The van der Waals surface area contributed by atoms with Gasteiger partial charge in [-0.15, -0.1) is 0 Å². The fourth-order valence-corrected chi connectivity index (χ4v) is 6.96. The molecule has 1 saturated carbocycles. The van der Waals surface area contributed by atoms with Gasteiger partial charge < -0.3 is 4.90 Å². The molecule has 31 heavy (non-hydrogen) atoms. The molecule has 0 aliphatic heterocycles. The number of benzene rings is 1. The van der Waals surface area contributed by atoms with Crippen LogP contribution in [-0.2, 0) is 0 Å². The van der Waals surface area contributed by atoms with Gasteiger partial charge in [0.25, 0.3) is 0 Å². The molecule has 1 fully saturated rings. The fourth-order valence-electron chi connectivity index (χ4n) is 6.96. The molecule has 1 aromatic rings. The van der Waals surface area contributed by atoms with E-state index in [-0.39, 0.29) is 10.8 Å². The van der Waals surface area contributed by atoms with Crippen molar-refractivity contribution in [1.82, 2.24) is 0 Å². The van der Waals surface area contributed by atoms with Gasteiger partial charge in [0.2, 0.25) is 0 Å². The molecule has 0 saturated heterocycles. The largest absolute Gasteiger partial charge is 0.341 e. The summed E-state index contributed by atoms with van der Waals surface area (Å²) in [6.45, 7) is 19.6. The molecule has 1 heteroatoms. The lowest BCUT2D eigenvalue weighted by atomic mass is 9.65. The van der Waals surface area contributed by atoms with Crippen molar-refractivity contribution in [2.75, 3.05) is 4.90 Å². The molecule has 172 valence electrons. The minimum absolute atomic E-state index is 0.218. The smallest absolute Gasteiger partial charge is 0.0414 e. The van der Waals surface area contributed by atoms with Gasteiger partial charge in [0, 0.05) is 22.8 Å². The van der Waals surface area contributed by atoms with Crippen LogP contribution in [0.15, 0.2) is 29.5 Å². The van der Waals surface area contributed by atoms with Crippen molar-refractivity contribution in [2.45, 2.75) is 125 Å². The van der Waals surface area contributed by atoms with E-state index >= 15 is 0 Å². The highest BCUT2D eigenvalue weighted by Gasteiger charge is 2.42. The molecule has 1 nitrogen and oxygen atoms in total. The molecular formula is C30H47N. The van der Waals surface area contributed by atoms with Crippen LogP contribution in [0.1, 0.15) is 130 Å². The Morgan fingerprint density at radius 3 is 2.06 bits per heavy atom. The van der Waals surface area contributed by atoms with Gasteiger partial charge in [-0.2, -0.15) is 0 Å². The monoisotopic (exact) mass is 421 g/mol. The van der Waals surface area contributed by atoms with Crippen LogP contribution in [0, 0.1) is 16.7 Å². The molecule has 0 spiro atoms. The summed E-state index contributed by atoms with van der Waals surface area (Å²) in [6.07, 6.45) is 10.7. The number of hydrogen-bond acceptors (Lipinski definition) is 1. The molecule has 0 heterocycles. The zero-order valence-corrected chi connectivity index (χ0v) is 21.6. The van der Waals surface area contributed by atoms with Crippen LogP contribution in [0.4, 0.5) is 5.69 Å². The Hall–Kier alpha value is -1.24. The first kappa shape index (κ1) is 22.9. The molecule has 4 aliphatic carbocycles. The van der Waals surface area contributed by atoms with Crippen molar-refractivity contribution in [1.29, 1.82) is 0 Å². The van der Waals surface area contributed by atoms with Gasteiger partial charge >= 0.3 is 0 Å². The SMILES string of the molecule is CCCC(C(C)C)N(C1=C(C)C(C)(C)CCC1(C)C)c1ccc2c(c1)C1CCC2CC1. The van der Waals surface area contributed by atoms with Crippen LogP contribution in [-0.4, -0.2) is 6.04 Å². The maximum absolute atomic E-state index is 2.84. The van der Waals surface area contributed by atoms with Crippen molar-refractivity contribution in [2.24, 2.45) is 16.7 Å². The zero-order valence-electron chi connectivity index (χ0n) is 21.6. The van der Waals surface area contributed by atoms with E-state index in [0.29, 0.717) is 12.0 Å². The van der Waals surface area contributed by atoms with Gasteiger partial charge in [-0.1, -0.05) is 61.0 Å². The predicted molar refractivity (Wildman–Crippen MR) is 136 cm³/mol. The molecule has 0 amide bonds. The van der Waals surface area contributed by atoms with Gasteiger partial charge in [0.15, 0.2) is 0 Å². The van der Waals surface area contributed by atoms with Gasteiger partial charge in [-0.25, -0.2) is 0 Å². The minimum atomic E-state index is 0.218. The van der Waals surface area contributed by atoms with Crippen molar-refractivity contribution >= 4 is 5.69 Å². The average molecular weight is 422 g/mol. The van der Waals surface area contributed by atoms with Crippen LogP contribution in [0.25, 0.3) is 0 Å². The van der Waals surface area contributed by atoms with Crippen LogP contribution in [0.3, 0.4) is 0 Å². The third-order valence-corrected chi connectivity index (χ3v) is 9.27. The molecular weight excluding hydrogens is 374 g/mol. The van der Waals surface area contributed by atoms with E-state index in [1.165, 1.54) is 57.1 Å². The Morgan fingerprint density at radius 1 is 0.903 bits per heavy atom. The fraction of sp³-hybridized carbons (Fsp3) is 0.733. The Kier molecular flexibility index (Phi) is 6.12. The first-order valence-electron chi connectivity index (χ1n) is 13.2. The van der Waals surface area contributed by atoms with Crippen LogP contribution >= 0.6 is 0 Å². The Morgan fingerprint density at radius 2 is 1.48 bits per heavy atom. The van der Waals surface area contributed by atoms with E-state index in [9.17, 15) is 0 Å². The molecule has 0 N–H and O–H groups in total. The second kappa shape index (κ2) is 8.27. The highest BCUT2D eigenvalue weighted by molar-refractivity contribution is 5.61. The van der Waals surface area contributed by atoms with E-state index in [4.69, 9.17) is 0 Å². The van der Waals surface area contributed by atoms with Gasteiger partial charge in [-0.3, -0.25) is 0 Å². The highest BCUT2D eigenvalue weighted by Crippen LogP contribution is 2.54. The standard InChI is InChI=1S/C30H47N/c1-9-10-27(20(2)3)31(28-21(4)29(5,6)17-18-30(28,7)8)24-15-16-25-22-11-13-23(14-12-22)26(25)19-24/h15-16,19-20,22-23,27H,9-14,17-18H2,1-8H3. The van der Waals surface area contributed by atoms with Gasteiger partial charge in [0.1, 0.15) is 0 Å². The Balaban J connectivity index is 1.90. The van der Waals surface area contributed by atoms with Crippen LogP contribution in [0.5, 0.6) is 0 Å². The van der Waals surface area contributed by atoms with Crippen LogP contribution < -0.4 is 4.90 Å². The first-order valence-corrected chi connectivity index (χ1v) is 13.2. The van der Waals surface area contributed by atoms with E-state index < -0.39 is 0 Å². The second-order valence-electron chi connectivity index (χ2n) is 12.6. The van der Waals surface area contributed by atoms with Gasteiger partial charge in [-0.05, 0) is 104 Å². The Labute approximate surface area is 192 Å². The molecule has 5 rings (SSSR count). The lowest BCUT2D eigenvalue weighted by molar-refractivity contribution is 0.246. The first-order chi connectivity index (χ1) is 14.6. The molecule has 1 aromatic carbocycles. The Bertz CT molecular complexity index is 832. The van der Waals surface area contributed by atoms with Crippen molar-refractivity contribution < 1.29 is 0 Å². The average Bonchev–Trinajstić information content (AvgIpc) is 2.74. The van der Waals surface area contributed by atoms with E-state index in [2.05, 4.69) is 78.5 Å². The zero-order chi connectivity index (χ0) is 22.6. The third-order valence-electron chi connectivity index (χ3n) is 9.27. The minimum Gasteiger partial charge on any atom is -0.341 e. The molecule has 1 unspecified atom stereocenters. The topological polar surface area (TPSA) is 3.24 Å². The molecule has 2 bridgehead atoms. The van der Waals surface area contributed by atoms with Crippen molar-refractivity contribution in [3.63, 3.8) is 0 Å². The van der Waals surface area contributed by atoms with Crippen molar-refractivity contribution in [3.05, 3.63) is 40.6 Å². The molecule has 0 aromatic heterocycles. The lowest BCUT2D eigenvalue weighted by Gasteiger charge is -2.51.